The maximum Gasteiger partial charge on any atom is 0.410 e. The standard InChI is InChI=1S/C20H29NO5.C20H27NO5/c2*1-20(2,3)26-19(24)21(16-8-10-17(22)11-9-16)13-14-6-5-7-15(12-14)18(23)25-4/h5-7,12,16-17,22H,8-11,13H2,1-4H3;5-7,12,16H,8-11,13H2,1-4H3. The van der Waals surface area contributed by atoms with Crippen LogP contribution in [0.1, 0.15) is 125 Å². The molecule has 0 aliphatic heterocycles. The summed E-state index contributed by atoms with van der Waals surface area (Å²) in [6.07, 6.45) is 3.96. The lowest BCUT2D eigenvalue weighted by atomic mass is 9.92. The van der Waals surface area contributed by atoms with E-state index in [1.165, 1.54) is 14.2 Å². The summed E-state index contributed by atoms with van der Waals surface area (Å²) < 4.78 is 20.7. The summed E-state index contributed by atoms with van der Waals surface area (Å²) in [5.74, 6) is -0.589. The van der Waals surface area contributed by atoms with Gasteiger partial charge < -0.3 is 33.9 Å². The van der Waals surface area contributed by atoms with Crippen LogP contribution in [0, 0.1) is 0 Å². The van der Waals surface area contributed by atoms with Gasteiger partial charge in [0.1, 0.15) is 17.0 Å². The lowest BCUT2D eigenvalue weighted by Gasteiger charge is -2.36. The molecule has 2 aromatic carbocycles. The summed E-state index contributed by atoms with van der Waals surface area (Å²) in [6.45, 7) is 11.7. The van der Waals surface area contributed by atoms with Crippen LogP contribution >= 0.6 is 0 Å². The Balaban J connectivity index is 0.000000280. The Bertz CT molecular complexity index is 1530. The maximum atomic E-state index is 12.8. The van der Waals surface area contributed by atoms with Crippen molar-refractivity contribution in [3.8, 4) is 0 Å². The minimum absolute atomic E-state index is 0.00929. The largest absolute Gasteiger partial charge is 0.465 e. The predicted molar refractivity (Wildman–Crippen MR) is 195 cm³/mol. The number of ketones is 1. The minimum atomic E-state index is -0.603. The number of benzene rings is 2. The molecule has 12 nitrogen and oxygen atoms in total. The van der Waals surface area contributed by atoms with E-state index in [1.807, 2.05) is 53.7 Å². The predicted octanol–water partition coefficient (Wildman–Crippen LogP) is 7.24. The van der Waals surface area contributed by atoms with Gasteiger partial charge in [-0.1, -0.05) is 24.3 Å². The molecule has 286 valence electrons. The average Bonchev–Trinajstić information content (AvgIpc) is 3.08. The number of amides is 2. The molecule has 2 saturated carbocycles. The number of Topliss-reactive ketones (excluding diaryl/α,β-unsaturated/α-hetero) is 1. The molecule has 0 aromatic heterocycles. The van der Waals surface area contributed by atoms with E-state index < -0.39 is 29.2 Å². The van der Waals surface area contributed by atoms with Gasteiger partial charge in [0.05, 0.1) is 31.5 Å². The summed E-state index contributed by atoms with van der Waals surface area (Å²) in [5.41, 5.74) is 1.35. The Hall–Kier alpha value is -4.45. The zero-order valence-corrected chi connectivity index (χ0v) is 31.9. The van der Waals surface area contributed by atoms with E-state index >= 15 is 0 Å². The Labute approximate surface area is 307 Å². The van der Waals surface area contributed by atoms with Crippen LogP contribution in [0.15, 0.2) is 48.5 Å². The Kier molecular flexibility index (Phi) is 15.2. The van der Waals surface area contributed by atoms with Gasteiger partial charge in [0, 0.05) is 38.0 Å². The van der Waals surface area contributed by atoms with Crippen LogP contribution in [-0.4, -0.2) is 88.4 Å². The van der Waals surface area contributed by atoms with Crippen molar-refractivity contribution in [2.45, 2.75) is 135 Å². The van der Waals surface area contributed by atoms with Crippen LogP contribution in [0.2, 0.25) is 0 Å². The van der Waals surface area contributed by atoms with E-state index in [2.05, 4.69) is 0 Å². The molecule has 0 atom stereocenters. The number of ether oxygens (including phenoxy) is 4. The van der Waals surface area contributed by atoms with Crippen molar-refractivity contribution in [1.29, 1.82) is 0 Å². The van der Waals surface area contributed by atoms with Crippen molar-refractivity contribution in [1.82, 2.24) is 9.80 Å². The first-order valence-corrected chi connectivity index (χ1v) is 17.9. The van der Waals surface area contributed by atoms with Crippen molar-refractivity contribution in [2.24, 2.45) is 0 Å². The van der Waals surface area contributed by atoms with E-state index in [4.69, 9.17) is 18.9 Å². The SMILES string of the molecule is COC(=O)c1cccc(CN(C(=O)OC(C)(C)C)C2CCC(=O)CC2)c1.COC(=O)c1cccc(CN(C(=O)OC(C)(C)C)C2CCC(O)CC2)c1. The molecule has 1 N–H and O–H groups in total. The molecule has 2 aromatic rings. The number of nitrogens with zero attached hydrogens (tertiary/aromatic N) is 2. The summed E-state index contributed by atoms with van der Waals surface area (Å²) in [7, 11) is 2.68. The topological polar surface area (TPSA) is 149 Å². The van der Waals surface area contributed by atoms with Gasteiger partial charge in [-0.15, -0.1) is 0 Å². The van der Waals surface area contributed by atoms with E-state index in [9.17, 15) is 29.1 Å². The van der Waals surface area contributed by atoms with Crippen LogP contribution < -0.4 is 0 Å². The number of carbonyl (C=O) groups excluding carboxylic acids is 5. The third kappa shape index (κ3) is 13.6. The molecular weight excluding hydrogens is 668 g/mol. The highest BCUT2D eigenvalue weighted by atomic mass is 16.6. The lowest BCUT2D eigenvalue weighted by molar-refractivity contribution is -0.121. The first-order valence-electron chi connectivity index (χ1n) is 17.9. The van der Waals surface area contributed by atoms with Gasteiger partial charge in [0.15, 0.2) is 0 Å². The van der Waals surface area contributed by atoms with Gasteiger partial charge in [-0.2, -0.15) is 0 Å². The second kappa shape index (κ2) is 18.9. The van der Waals surface area contributed by atoms with Gasteiger partial charge >= 0.3 is 24.1 Å². The molecule has 12 heteroatoms. The fraction of sp³-hybridized carbons (Fsp3) is 0.575. The summed E-state index contributed by atoms with van der Waals surface area (Å²) in [4.78, 5) is 64.0. The Morgan fingerprint density at radius 3 is 1.40 bits per heavy atom. The first-order chi connectivity index (χ1) is 24.4. The van der Waals surface area contributed by atoms with Crippen LogP contribution in [-0.2, 0) is 36.8 Å². The number of esters is 2. The highest BCUT2D eigenvalue weighted by Crippen LogP contribution is 2.27. The molecular formula is C40H56N2O10. The molecule has 0 saturated heterocycles. The van der Waals surface area contributed by atoms with Crippen molar-refractivity contribution in [2.75, 3.05) is 14.2 Å². The van der Waals surface area contributed by atoms with Crippen molar-refractivity contribution in [3.63, 3.8) is 0 Å². The molecule has 2 amide bonds. The van der Waals surface area contributed by atoms with E-state index in [0.29, 0.717) is 62.7 Å². The van der Waals surface area contributed by atoms with Gasteiger partial charge in [0.25, 0.3) is 0 Å². The van der Waals surface area contributed by atoms with Crippen molar-refractivity contribution in [3.05, 3.63) is 70.8 Å². The van der Waals surface area contributed by atoms with E-state index in [0.717, 1.165) is 24.0 Å². The number of hydrogen-bond donors (Lipinski definition) is 1. The molecule has 2 fully saturated rings. The number of methoxy groups -OCH3 is 2. The summed E-state index contributed by atoms with van der Waals surface area (Å²) in [5, 5.41) is 9.76. The Morgan fingerprint density at radius 2 is 1.04 bits per heavy atom. The fourth-order valence-electron chi connectivity index (χ4n) is 6.16. The zero-order chi connectivity index (χ0) is 38.6. The monoisotopic (exact) mass is 724 g/mol. The maximum absolute atomic E-state index is 12.8. The van der Waals surface area contributed by atoms with Crippen LogP contribution in [0.4, 0.5) is 9.59 Å². The third-order valence-electron chi connectivity index (χ3n) is 8.72. The minimum Gasteiger partial charge on any atom is -0.465 e. The lowest BCUT2D eigenvalue weighted by Crippen LogP contribution is -2.45. The summed E-state index contributed by atoms with van der Waals surface area (Å²) >= 11 is 0. The van der Waals surface area contributed by atoms with Gasteiger partial charge in [0.2, 0.25) is 0 Å². The van der Waals surface area contributed by atoms with Crippen LogP contribution in [0.3, 0.4) is 0 Å². The molecule has 2 aliphatic carbocycles. The van der Waals surface area contributed by atoms with Gasteiger partial charge in [-0.25, -0.2) is 19.2 Å². The number of aliphatic hydroxyl groups excluding tert-OH is 1. The second-order valence-electron chi connectivity index (χ2n) is 15.3. The second-order valence-corrected chi connectivity index (χ2v) is 15.3. The highest BCUT2D eigenvalue weighted by molar-refractivity contribution is 5.90. The third-order valence-corrected chi connectivity index (χ3v) is 8.72. The number of rotatable bonds is 8. The first kappa shape index (κ1) is 42.0. The van der Waals surface area contributed by atoms with Gasteiger partial charge in [-0.3, -0.25) is 4.79 Å². The number of carbonyl (C=O) groups is 5. The normalized spacial score (nSPS) is 17.9. The molecule has 2 aliphatic rings. The van der Waals surface area contributed by atoms with Crippen LogP contribution in [0.25, 0.3) is 0 Å². The molecule has 0 spiro atoms. The molecule has 0 heterocycles. The molecule has 0 radical (unpaired) electrons. The highest BCUT2D eigenvalue weighted by Gasteiger charge is 2.33. The van der Waals surface area contributed by atoms with Crippen molar-refractivity contribution >= 4 is 29.9 Å². The fourth-order valence-corrected chi connectivity index (χ4v) is 6.16. The van der Waals surface area contributed by atoms with Crippen molar-refractivity contribution < 1.29 is 48.0 Å². The molecule has 4 rings (SSSR count). The number of aliphatic hydroxyl groups is 1. The van der Waals surface area contributed by atoms with Crippen LogP contribution in [0.5, 0.6) is 0 Å². The Morgan fingerprint density at radius 1 is 0.654 bits per heavy atom. The van der Waals surface area contributed by atoms with Gasteiger partial charge in [-0.05, 0) is 115 Å². The van der Waals surface area contributed by atoms with E-state index in [1.54, 1.807) is 46.2 Å². The molecule has 0 unspecified atom stereocenters. The molecule has 52 heavy (non-hydrogen) atoms. The zero-order valence-electron chi connectivity index (χ0n) is 31.9. The smallest absolute Gasteiger partial charge is 0.410 e. The summed E-state index contributed by atoms with van der Waals surface area (Å²) in [6, 6.07) is 14.0. The average molecular weight is 725 g/mol. The molecule has 0 bridgehead atoms. The quantitative estimate of drug-likeness (QED) is 0.218. The number of hydrogen-bond acceptors (Lipinski definition) is 10. The van der Waals surface area contributed by atoms with E-state index in [-0.39, 0.29) is 30.1 Å².